The molecule has 3 rings (SSSR count). The van der Waals surface area contributed by atoms with Gasteiger partial charge in [0, 0.05) is 12.8 Å². The number of halogens is 1. The van der Waals surface area contributed by atoms with E-state index in [0.29, 0.717) is 5.15 Å². The smallest absolute Gasteiger partial charge is 0.129 e. The van der Waals surface area contributed by atoms with Gasteiger partial charge in [-0.1, -0.05) is 11.6 Å². The Morgan fingerprint density at radius 1 is 1.06 bits per heavy atom. The summed E-state index contributed by atoms with van der Waals surface area (Å²) in [5, 5.41) is 0.578. The topological polar surface area (TPSA) is 16.1 Å². The Hall–Kier alpha value is -0.800. The van der Waals surface area contributed by atoms with Gasteiger partial charge in [-0.2, -0.15) is 0 Å². The summed E-state index contributed by atoms with van der Waals surface area (Å²) >= 11 is 5.82. The van der Waals surface area contributed by atoms with Gasteiger partial charge in [0.1, 0.15) is 5.15 Å². The Balaban J connectivity index is 1.66. The third-order valence-electron chi connectivity index (χ3n) is 4.28. The molecule has 4 heteroatoms. The van der Waals surface area contributed by atoms with Crippen molar-refractivity contribution in [2.75, 3.05) is 44.2 Å². The van der Waals surface area contributed by atoms with Crippen molar-refractivity contribution in [3.05, 3.63) is 23.5 Å². The number of hydrogen-bond acceptors (Lipinski definition) is 2. The van der Waals surface area contributed by atoms with Crippen LogP contribution in [-0.4, -0.2) is 48.7 Å². The SMILES string of the molecule is Clc1ccc(N2CC[N+]3(CCCC3)CC2)cn1. The standard InChI is InChI=1S/C13H19ClN3/c14-13-4-3-12(11-15-13)16-5-9-17(10-6-16)7-1-2-8-17/h3-4,11H,1-2,5-10H2/q+1. The van der Waals surface area contributed by atoms with Crippen LogP contribution in [0.25, 0.3) is 0 Å². The van der Waals surface area contributed by atoms with Crippen LogP contribution in [0, 0.1) is 0 Å². The van der Waals surface area contributed by atoms with Crippen molar-refractivity contribution in [3.8, 4) is 0 Å². The lowest BCUT2D eigenvalue weighted by atomic mass is 10.2. The van der Waals surface area contributed by atoms with E-state index in [9.17, 15) is 0 Å². The Morgan fingerprint density at radius 3 is 2.35 bits per heavy atom. The molecule has 0 radical (unpaired) electrons. The minimum atomic E-state index is 0.578. The maximum absolute atomic E-state index is 5.82. The summed E-state index contributed by atoms with van der Waals surface area (Å²) in [7, 11) is 0. The van der Waals surface area contributed by atoms with Crippen LogP contribution in [0.1, 0.15) is 12.8 Å². The van der Waals surface area contributed by atoms with E-state index >= 15 is 0 Å². The summed E-state index contributed by atoms with van der Waals surface area (Å²) in [4.78, 5) is 6.60. The molecule has 0 unspecified atom stereocenters. The second-order valence-electron chi connectivity index (χ2n) is 5.27. The highest BCUT2D eigenvalue weighted by Crippen LogP contribution is 2.25. The third-order valence-corrected chi connectivity index (χ3v) is 4.50. The maximum Gasteiger partial charge on any atom is 0.129 e. The fraction of sp³-hybridized carbons (Fsp3) is 0.615. The number of pyridine rings is 1. The van der Waals surface area contributed by atoms with Gasteiger partial charge in [-0.15, -0.1) is 0 Å². The molecule has 2 aliphatic rings. The number of hydrogen-bond donors (Lipinski definition) is 0. The van der Waals surface area contributed by atoms with Crippen LogP contribution in [0.4, 0.5) is 5.69 Å². The predicted octanol–water partition coefficient (Wildman–Crippen LogP) is 2.17. The molecule has 92 valence electrons. The number of anilines is 1. The average Bonchev–Trinajstić information content (AvgIpc) is 2.80. The number of rotatable bonds is 1. The normalized spacial score (nSPS) is 23.2. The van der Waals surface area contributed by atoms with Gasteiger partial charge < -0.3 is 9.38 Å². The molecule has 0 N–H and O–H groups in total. The Kier molecular flexibility index (Phi) is 2.97. The molecule has 17 heavy (non-hydrogen) atoms. The van der Waals surface area contributed by atoms with Crippen LogP contribution in [-0.2, 0) is 0 Å². The molecule has 0 saturated carbocycles. The van der Waals surface area contributed by atoms with Crippen molar-refractivity contribution in [2.24, 2.45) is 0 Å². The number of aromatic nitrogens is 1. The van der Waals surface area contributed by atoms with Crippen LogP contribution in [0.2, 0.25) is 5.15 Å². The zero-order valence-electron chi connectivity index (χ0n) is 10.1. The van der Waals surface area contributed by atoms with E-state index in [-0.39, 0.29) is 0 Å². The largest absolute Gasteiger partial charge is 0.359 e. The van der Waals surface area contributed by atoms with Gasteiger partial charge in [0.2, 0.25) is 0 Å². The summed E-state index contributed by atoms with van der Waals surface area (Å²) < 4.78 is 1.36. The summed E-state index contributed by atoms with van der Waals surface area (Å²) in [6, 6.07) is 3.96. The van der Waals surface area contributed by atoms with Crippen LogP contribution in [0.5, 0.6) is 0 Å². The highest BCUT2D eigenvalue weighted by atomic mass is 35.5. The number of piperazine rings is 1. The van der Waals surface area contributed by atoms with Gasteiger partial charge in [0.15, 0.2) is 0 Å². The highest BCUT2D eigenvalue weighted by Gasteiger charge is 2.35. The first-order valence-corrected chi connectivity index (χ1v) is 6.87. The van der Waals surface area contributed by atoms with E-state index in [2.05, 4.69) is 16.0 Å². The molecule has 0 amide bonds. The molecular weight excluding hydrogens is 234 g/mol. The van der Waals surface area contributed by atoms with Crippen molar-refractivity contribution in [1.82, 2.24) is 4.98 Å². The average molecular weight is 253 g/mol. The lowest BCUT2D eigenvalue weighted by Gasteiger charge is -2.42. The zero-order chi connectivity index (χ0) is 11.7. The van der Waals surface area contributed by atoms with Gasteiger partial charge in [0.25, 0.3) is 0 Å². The van der Waals surface area contributed by atoms with E-state index in [1.165, 1.54) is 49.2 Å². The van der Waals surface area contributed by atoms with Gasteiger partial charge in [-0.05, 0) is 12.1 Å². The van der Waals surface area contributed by atoms with Crippen LogP contribution in [0.15, 0.2) is 18.3 Å². The van der Waals surface area contributed by atoms with Crippen molar-refractivity contribution in [2.45, 2.75) is 12.8 Å². The lowest BCUT2D eigenvalue weighted by Crippen LogP contribution is -2.58. The molecule has 0 aromatic carbocycles. The molecule has 2 saturated heterocycles. The van der Waals surface area contributed by atoms with E-state index in [4.69, 9.17) is 11.6 Å². The summed E-state index contributed by atoms with van der Waals surface area (Å²) in [5.74, 6) is 0. The van der Waals surface area contributed by atoms with E-state index in [1.807, 2.05) is 12.3 Å². The minimum absolute atomic E-state index is 0.578. The maximum atomic E-state index is 5.82. The molecule has 2 aliphatic heterocycles. The Labute approximate surface area is 108 Å². The number of nitrogens with zero attached hydrogens (tertiary/aromatic N) is 3. The fourth-order valence-corrected chi connectivity index (χ4v) is 3.27. The second kappa shape index (κ2) is 4.46. The molecule has 1 aromatic rings. The van der Waals surface area contributed by atoms with Crippen LogP contribution >= 0.6 is 11.6 Å². The van der Waals surface area contributed by atoms with Gasteiger partial charge in [-0.3, -0.25) is 0 Å². The van der Waals surface area contributed by atoms with Crippen molar-refractivity contribution in [3.63, 3.8) is 0 Å². The molecule has 3 heterocycles. The lowest BCUT2D eigenvalue weighted by molar-refractivity contribution is -0.917. The Bertz CT molecular complexity index is 374. The first-order valence-electron chi connectivity index (χ1n) is 6.49. The van der Waals surface area contributed by atoms with Crippen LogP contribution in [0.3, 0.4) is 0 Å². The summed E-state index contributed by atoms with van der Waals surface area (Å²) in [5.41, 5.74) is 1.21. The highest BCUT2D eigenvalue weighted by molar-refractivity contribution is 6.29. The summed E-state index contributed by atoms with van der Waals surface area (Å²) in [6.45, 7) is 7.69. The van der Waals surface area contributed by atoms with Crippen molar-refractivity contribution >= 4 is 17.3 Å². The first kappa shape index (κ1) is 11.3. The van der Waals surface area contributed by atoms with Crippen LogP contribution < -0.4 is 4.90 Å². The van der Waals surface area contributed by atoms with Crippen molar-refractivity contribution in [1.29, 1.82) is 0 Å². The molecule has 0 bridgehead atoms. The summed E-state index contributed by atoms with van der Waals surface area (Å²) in [6.07, 6.45) is 4.73. The van der Waals surface area contributed by atoms with Crippen molar-refractivity contribution < 1.29 is 4.48 Å². The second-order valence-corrected chi connectivity index (χ2v) is 5.66. The van der Waals surface area contributed by atoms with Gasteiger partial charge in [-0.25, -0.2) is 4.98 Å². The van der Waals surface area contributed by atoms with E-state index in [1.54, 1.807) is 0 Å². The minimum Gasteiger partial charge on any atom is -0.359 e. The zero-order valence-corrected chi connectivity index (χ0v) is 10.9. The first-order chi connectivity index (χ1) is 8.27. The quantitative estimate of drug-likeness (QED) is 0.563. The third kappa shape index (κ3) is 2.26. The Morgan fingerprint density at radius 2 is 1.76 bits per heavy atom. The molecule has 3 nitrogen and oxygen atoms in total. The predicted molar refractivity (Wildman–Crippen MR) is 70.4 cm³/mol. The van der Waals surface area contributed by atoms with Gasteiger partial charge >= 0.3 is 0 Å². The molecule has 0 aliphatic carbocycles. The number of quaternary nitrogens is 1. The monoisotopic (exact) mass is 252 g/mol. The molecule has 2 fully saturated rings. The van der Waals surface area contributed by atoms with E-state index < -0.39 is 0 Å². The van der Waals surface area contributed by atoms with Gasteiger partial charge in [0.05, 0.1) is 51.2 Å². The molecular formula is C13H19ClN3+. The van der Waals surface area contributed by atoms with E-state index in [0.717, 1.165) is 13.1 Å². The molecule has 1 aromatic heterocycles. The molecule has 0 atom stereocenters. The fourth-order valence-electron chi connectivity index (χ4n) is 3.16. The molecule has 1 spiro atoms.